The Morgan fingerprint density at radius 1 is 1.11 bits per heavy atom. The molecule has 0 fully saturated rings. The molecule has 1 amide bonds. The molecule has 7 N–H and O–H groups in total. The van der Waals surface area contributed by atoms with E-state index in [0.717, 1.165) is 0 Å². The molecule has 0 aliphatic rings. The average Bonchev–Trinajstić information content (AvgIpc) is 2.26. The van der Waals surface area contributed by atoms with Crippen LogP contribution in [0.4, 0.5) is 0 Å². The molecule has 0 spiro atoms. The Morgan fingerprint density at radius 2 is 1.61 bits per heavy atom. The monoisotopic (exact) mass is 289 g/mol. The van der Waals surface area contributed by atoms with Crippen molar-refractivity contribution in [2.24, 2.45) is 0 Å². The summed E-state index contributed by atoms with van der Waals surface area (Å²) in [5.74, 6) is -2.19. The van der Waals surface area contributed by atoms with Crippen LogP contribution < -0.4 is 0 Å². The van der Waals surface area contributed by atoms with E-state index in [-0.39, 0.29) is 11.5 Å². The minimum absolute atomic E-state index is 0.0139. The molecule has 11 heteroatoms. The first-order valence-corrected chi connectivity index (χ1v) is 6.46. The smallest absolute Gasteiger partial charge is 0.353 e. The fourth-order valence-corrected chi connectivity index (χ4v) is 1.58. The molecule has 0 aromatic carbocycles. The van der Waals surface area contributed by atoms with E-state index < -0.39 is 44.7 Å². The zero-order chi connectivity index (χ0) is 14.5. The summed E-state index contributed by atoms with van der Waals surface area (Å²) in [6, 6.07) is 0. The Bertz CT molecular complexity index is 307. The van der Waals surface area contributed by atoms with Crippen molar-refractivity contribution in [1.82, 2.24) is 5.06 Å². The van der Waals surface area contributed by atoms with Crippen molar-refractivity contribution < 1.29 is 44.8 Å². The van der Waals surface area contributed by atoms with Crippen molar-refractivity contribution in [2.75, 3.05) is 6.54 Å². The van der Waals surface area contributed by atoms with Crippen molar-refractivity contribution >= 4 is 14.0 Å². The summed E-state index contributed by atoms with van der Waals surface area (Å²) >= 11 is 0. The van der Waals surface area contributed by atoms with Gasteiger partial charge in [0, 0.05) is 6.42 Å². The standard InChI is InChI=1S/C7H16NO9P/c9-3-8(14)2-5(11)7(13)4(10)1-6(12)18(15,16)17/h3-7,10-14H,1-2H2,(H2,15,16,17)/t4-,5+,6?,7-/m1/s1. The first-order chi connectivity index (χ1) is 8.09. The van der Waals surface area contributed by atoms with E-state index in [1.54, 1.807) is 0 Å². The van der Waals surface area contributed by atoms with Gasteiger partial charge in [0.15, 0.2) is 5.85 Å². The van der Waals surface area contributed by atoms with Gasteiger partial charge in [-0.15, -0.1) is 0 Å². The highest BCUT2D eigenvalue weighted by atomic mass is 31.2. The lowest BCUT2D eigenvalue weighted by Crippen LogP contribution is -2.44. The van der Waals surface area contributed by atoms with Gasteiger partial charge in [-0.25, -0.2) is 5.06 Å². The number of hydrogen-bond acceptors (Lipinski definition) is 7. The Hall–Kier alpha value is -0.580. The number of hydrogen-bond donors (Lipinski definition) is 7. The highest BCUT2D eigenvalue weighted by Crippen LogP contribution is 2.41. The molecule has 1 unspecified atom stereocenters. The van der Waals surface area contributed by atoms with Crippen LogP contribution in [0.5, 0.6) is 0 Å². The predicted octanol–water partition coefficient (Wildman–Crippen LogP) is -3.20. The quantitative estimate of drug-likeness (QED) is 0.105. The van der Waals surface area contributed by atoms with Gasteiger partial charge in [-0.05, 0) is 0 Å². The minimum atomic E-state index is -4.83. The maximum atomic E-state index is 10.6. The maximum absolute atomic E-state index is 10.6. The number of amides is 1. The highest BCUT2D eigenvalue weighted by Gasteiger charge is 2.33. The lowest BCUT2D eigenvalue weighted by atomic mass is 10.1. The molecule has 10 nitrogen and oxygen atoms in total. The highest BCUT2D eigenvalue weighted by molar-refractivity contribution is 7.52. The Labute approximate surface area is 102 Å². The van der Waals surface area contributed by atoms with Crippen LogP contribution in [0.15, 0.2) is 0 Å². The second-order valence-electron chi connectivity index (χ2n) is 3.66. The summed E-state index contributed by atoms with van der Waals surface area (Å²) in [6.07, 6.45) is -6.43. The van der Waals surface area contributed by atoms with Gasteiger partial charge in [-0.2, -0.15) is 0 Å². The molecular formula is C7H16NO9P. The van der Waals surface area contributed by atoms with Crippen LogP contribution in [0.3, 0.4) is 0 Å². The Balaban J connectivity index is 4.37. The normalized spacial score (nSPS) is 18.8. The molecule has 0 saturated carbocycles. The zero-order valence-electron chi connectivity index (χ0n) is 9.14. The third-order valence-corrected chi connectivity index (χ3v) is 3.11. The lowest BCUT2D eigenvalue weighted by Gasteiger charge is -2.25. The van der Waals surface area contributed by atoms with Crippen LogP contribution in [-0.2, 0) is 9.36 Å². The van der Waals surface area contributed by atoms with Crippen molar-refractivity contribution in [1.29, 1.82) is 0 Å². The second kappa shape index (κ2) is 7.12. The molecule has 0 saturated heterocycles. The number of carbonyl (C=O) groups excluding carboxylic acids is 1. The van der Waals surface area contributed by atoms with Crippen LogP contribution in [0.2, 0.25) is 0 Å². The van der Waals surface area contributed by atoms with Gasteiger partial charge in [0.1, 0.15) is 12.2 Å². The van der Waals surface area contributed by atoms with Gasteiger partial charge < -0.3 is 30.2 Å². The first kappa shape index (κ1) is 17.4. The van der Waals surface area contributed by atoms with Gasteiger partial charge in [0.25, 0.3) is 0 Å². The number of aliphatic hydroxyl groups is 4. The zero-order valence-corrected chi connectivity index (χ0v) is 10.0. The van der Waals surface area contributed by atoms with E-state index in [0.29, 0.717) is 0 Å². The number of nitrogens with zero attached hydrogens (tertiary/aromatic N) is 1. The largest absolute Gasteiger partial charge is 0.390 e. The summed E-state index contributed by atoms with van der Waals surface area (Å²) in [5, 5.41) is 45.6. The molecule has 0 aromatic rings. The fraction of sp³-hybridized carbons (Fsp3) is 0.857. The van der Waals surface area contributed by atoms with Crippen LogP contribution >= 0.6 is 7.60 Å². The summed E-state index contributed by atoms with van der Waals surface area (Å²) in [7, 11) is -4.83. The third kappa shape index (κ3) is 5.85. The first-order valence-electron chi connectivity index (χ1n) is 4.78. The molecule has 0 rings (SSSR count). The summed E-state index contributed by atoms with van der Waals surface area (Å²) in [6.45, 7) is -0.715. The van der Waals surface area contributed by atoms with E-state index >= 15 is 0 Å². The lowest BCUT2D eigenvalue weighted by molar-refractivity contribution is -0.163. The minimum Gasteiger partial charge on any atom is -0.390 e. The van der Waals surface area contributed by atoms with Crippen LogP contribution in [0.1, 0.15) is 6.42 Å². The van der Waals surface area contributed by atoms with Gasteiger partial charge in [0.05, 0.1) is 12.6 Å². The summed E-state index contributed by atoms with van der Waals surface area (Å²) in [4.78, 5) is 27.1. The number of carbonyl (C=O) groups is 1. The summed E-state index contributed by atoms with van der Waals surface area (Å²) < 4.78 is 10.6. The SMILES string of the molecule is O=CN(O)C[C@H](O)[C@H](O)[C@H](O)CC(O)P(=O)(O)O. The molecule has 0 heterocycles. The topological polar surface area (TPSA) is 179 Å². The molecule has 0 radical (unpaired) electrons. The van der Waals surface area contributed by atoms with E-state index in [4.69, 9.17) is 20.1 Å². The maximum Gasteiger partial charge on any atom is 0.353 e. The van der Waals surface area contributed by atoms with E-state index in [2.05, 4.69) is 0 Å². The second-order valence-corrected chi connectivity index (χ2v) is 5.43. The molecule has 0 aromatic heterocycles. The molecule has 18 heavy (non-hydrogen) atoms. The van der Waals surface area contributed by atoms with Gasteiger partial charge >= 0.3 is 7.60 Å². The fourth-order valence-electron chi connectivity index (χ4n) is 1.09. The predicted molar refractivity (Wildman–Crippen MR) is 55.2 cm³/mol. The van der Waals surface area contributed by atoms with E-state index in [1.165, 1.54) is 0 Å². The average molecular weight is 289 g/mol. The molecule has 4 atom stereocenters. The Morgan fingerprint density at radius 3 is 2.00 bits per heavy atom. The van der Waals surface area contributed by atoms with Crippen molar-refractivity contribution in [3.63, 3.8) is 0 Å². The van der Waals surface area contributed by atoms with Crippen LogP contribution in [-0.4, -0.2) is 77.6 Å². The molecular weight excluding hydrogens is 273 g/mol. The third-order valence-electron chi connectivity index (χ3n) is 2.12. The van der Waals surface area contributed by atoms with Gasteiger partial charge in [-0.3, -0.25) is 14.6 Å². The van der Waals surface area contributed by atoms with Crippen molar-refractivity contribution in [3.8, 4) is 0 Å². The molecule has 0 aliphatic heterocycles. The molecule has 0 bridgehead atoms. The van der Waals surface area contributed by atoms with Crippen LogP contribution in [0, 0.1) is 0 Å². The van der Waals surface area contributed by atoms with Crippen molar-refractivity contribution in [3.05, 3.63) is 0 Å². The van der Waals surface area contributed by atoms with E-state index in [9.17, 15) is 24.7 Å². The van der Waals surface area contributed by atoms with Crippen molar-refractivity contribution in [2.45, 2.75) is 30.6 Å². The summed E-state index contributed by atoms with van der Waals surface area (Å²) in [5.41, 5.74) is 0. The molecule has 0 aliphatic carbocycles. The number of rotatable bonds is 8. The Kier molecular flexibility index (Phi) is 6.89. The number of hydroxylamine groups is 2. The number of aliphatic hydroxyl groups excluding tert-OH is 4. The molecule has 108 valence electrons. The van der Waals surface area contributed by atoms with Gasteiger partial charge in [-0.1, -0.05) is 0 Å². The van der Waals surface area contributed by atoms with Gasteiger partial charge in [0.2, 0.25) is 6.41 Å². The van der Waals surface area contributed by atoms with Crippen LogP contribution in [0.25, 0.3) is 0 Å². The van der Waals surface area contributed by atoms with E-state index in [1.807, 2.05) is 0 Å².